The maximum atomic E-state index is 10.9. The molecule has 11 heavy (non-hydrogen) atoms. The van der Waals surface area contributed by atoms with Gasteiger partial charge in [-0.05, 0) is 12.8 Å². The largest absolute Gasteiger partial charge is 0.464 e. The summed E-state index contributed by atoms with van der Waals surface area (Å²) in [6.45, 7) is 5.79. The van der Waals surface area contributed by atoms with Crippen LogP contribution < -0.4 is 0 Å². The van der Waals surface area contributed by atoms with Crippen LogP contribution in [-0.4, -0.2) is 23.8 Å². The topological polar surface area (TPSA) is 46.5 Å². The molecule has 0 aliphatic carbocycles. The number of carbonyl (C=O) groups is 1. The lowest BCUT2D eigenvalue weighted by molar-refractivity contribution is -0.155. The molecule has 0 saturated carbocycles. The first-order chi connectivity index (χ1) is 5.13. The van der Waals surface area contributed by atoms with Crippen LogP contribution in [0.5, 0.6) is 0 Å². The van der Waals surface area contributed by atoms with Gasteiger partial charge in [-0.3, -0.25) is 0 Å². The molecule has 0 aromatic heterocycles. The lowest BCUT2D eigenvalue weighted by Crippen LogP contribution is -2.29. The number of esters is 1. The van der Waals surface area contributed by atoms with Crippen LogP contribution in [0.15, 0.2) is 0 Å². The van der Waals surface area contributed by atoms with Gasteiger partial charge in [0.15, 0.2) is 6.10 Å². The molecular formula is C8H16O3. The number of aliphatic hydroxyl groups excluding tert-OH is 1. The van der Waals surface area contributed by atoms with Gasteiger partial charge >= 0.3 is 5.97 Å². The minimum atomic E-state index is -0.958. The molecule has 0 amide bonds. The average molecular weight is 160 g/mol. The second kappa shape index (κ2) is 5.13. The first-order valence-corrected chi connectivity index (χ1v) is 3.98. The Labute approximate surface area is 67.4 Å². The zero-order valence-electron chi connectivity index (χ0n) is 7.33. The fourth-order valence-corrected chi connectivity index (χ4v) is 0.683. The Morgan fingerprint density at radius 2 is 2.09 bits per heavy atom. The molecule has 3 nitrogen and oxygen atoms in total. The maximum absolute atomic E-state index is 10.9. The van der Waals surface area contributed by atoms with E-state index in [1.54, 1.807) is 6.92 Å². The summed E-state index contributed by atoms with van der Waals surface area (Å²) < 4.78 is 4.64. The lowest BCUT2D eigenvalue weighted by atomic mass is 10.0. The number of ether oxygens (including phenoxy) is 1. The Bertz CT molecular complexity index is 123. The zero-order chi connectivity index (χ0) is 8.85. The second-order valence-corrected chi connectivity index (χ2v) is 2.58. The molecule has 0 aliphatic heterocycles. The first kappa shape index (κ1) is 10.4. The number of hydrogen-bond acceptors (Lipinski definition) is 3. The molecule has 0 rings (SSSR count). The van der Waals surface area contributed by atoms with Crippen molar-refractivity contribution in [2.75, 3.05) is 6.61 Å². The molecular weight excluding hydrogens is 144 g/mol. The fraction of sp³-hybridized carbons (Fsp3) is 0.875. The van der Waals surface area contributed by atoms with Crippen LogP contribution in [0.3, 0.4) is 0 Å². The summed E-state index contributed by atoms with van der Waals surface area (Å²) in [6.07, 6.45) is -0.181. The van der Waals surface area contributed by atoms with Crippen LogP contribution in [0.25, 0.3) is 0 Å². The van der Waals surface area contributed by atoms with Gasteiger partial charge in [0, 0.05) is 0 Å². The van der Waals surface area contributed by atoms with E-state index in [0.29, 0.717) is 6.61 Å². The molecule has 2 atom stereocenters. The first-order valence-electron chi connectivity index (χ1n) is 3.98. The highest BCUT2D eigenvalue weighted by Crippen LogP contribution is 2.08. The standard InChI is InChI=1S/C8H16O3/c1-4-6(3)7(9)8(10)11-5-2/h6-7,9H,4-5H2,1-3H3/t6-,7-/m1/s1. The lowest BCUT2D eigenvalue weighted by Gasteiger charge is -2.14. The Hall–Kier alpha value is -0.570. The third-order valence-electron chi connectivity index (χ3n) is 1.71. The molecule has 1 N–H and O–H groups in total. The molecule has 0 heterocycles. The van der Waals surface area contributed by atoms with Crippen molar-refractivity contribution in [3.63, 3.8) is 0 Å². The third-order valence-corrected chi connectivity index (χ3v) is 1.71. The van der Waals surface area contributed by atoms with Gasteiger partial charge in [-0.2, -0.15) is 0 Å². The number of aliphatic hydroxyl groups is 1. The van der Waals surface area contributed by atoms with E-state index in [4.69, 9.17) is 0 Å². The van der Waals surface area contributed by atoms with Gasteiger partial charge in [0.2, 0.25) is 0 Å². The smallest absolute Gasteiger partial charge is 0.335 e. The molecule has 0 radical (unpaired) electrons. The molecule has 0 unspecified atom stereocenters. The van der Waals surface area contributed by atoms with E-state index in [0.717, 1.165) is 6.42 Å². The summed E-state index contributed by atoms with van der Waals surface area (Å²) in [5.41, 5.74) is 0. The van der Waals surface area contributed by atoms with Crippen LogP contribution >= 0.6 is 0 Å². The number of hydrogen-bond donors (Lipinski definition) is 1. The normalized spacial score (nSPS) is 15.6. The van der Waals surface area contributed by atoms with Gasteiger partial charge in [-0.15, -0.1) is 0 Å². The average Bonchev–Trinajstić information content (AvgIpc) is 2.02. The van der Waals surface area contributed by atoms with Crippen molar-refractivity contribution in [3.05, 3.63) is 0 Å². The van der Waals surface area contributed by atoms with Gasteiger partial charge in [-0.1, -0.05) is 20.3 Å². The minimum absolute atomic E-state index is 0.0194. The van der Waals surface area contributed by atoms with Gasteiger partial charge < -0.3 is 9.84 Å². The van der Waals surface area contributed by atoms with E-state index in [2.05, 4.69) is 4.74 Å². The van der Waals surface area contributed by atoms with Crippen LogP contribution in [0, 0.1) is 5.92 Å². The molecule has 0 aromatic carbocycles. The van der Waals surface area contributed by atoms with E-state index >= 15 is 0 Å². The number of rotatable bonds is 4. The highest BCUT2D eigenvalue weighted by atomic mass is 16.5. The molecule has 0 bridgehead atoms. The Kier molecular flexibility index (Phi) is 4.86. The molecule has 0 spiro atoms. The van der Waals surface area contributed by atoms with Crippen LogP contribution in [0.2, 0.25) is 0 Å². The monoisotopic (exact) mass is 160 g/mol. The molecule has 0 aliphatic rings. The van der Waals surface area contributed by atoms with Crippen LogP contribution in [0.1, 0.15) is 27.2 Å². The van der Waals surface area contributed by atoms with E-state index in [1.165, 1.54) is 0 Å². The Morgan fingerprint density at radius 3 is 2.45 bits per heavy atom. The van der Waals surface area contributed by atoms with Gasteiger partial charge in [0.25, 0.3) is 0 Å². The van der Waals surface area contributed by atoms with Gasteiger partial charge in [0.1, 0.15) is 0 Å². The minimum Gasteiger partial charge on any atom is -0.464 e. The van der Waals surface area contributed by atoms with Crippen LogP contribution in [0.4, 0.5) is 0 Å². The predicted octanol–water partition coefficient (Wildman–Crippen LogP) is 0.956. The summed E-state index contributed by atoms with van der Waals surface area (Å²) in [6, 6.07) is 0. The fourth-order valence-electron chi connectivity index (χ4n) is 0.683. The zero-order valence-corrected chi connectivity index (χ0v) is 7.33. The second-order valence-electron chi connectivity index (χ2n) is 2.58. The van der Waals surface area contributed by atoms with Crippen molar-refractivity contribution in [2.24, 2.45) is 5.92 Å². The third kappa shape index (κ3) is 3.37. The van der Waals surface area contributed by atoms with E-state index in [9.17, 15) is 9.90 Å². The van der Waals surface area contributed by atoms with E-state index in [-0.39, 0.29) is 5.92 Å². The van der Waals surface area contributed by atoms with Crippen molar-refractivity contribution >= 4 is 5.97 Å². The summed E-state index contributed by atoms with van der Waals surface area (Å²) in [5.74, 6) is -0.532. The molecule has 0 aromatic rings. The van der Waals surface area contributed by atoms with Crippen LogP contribution in [-0.2, 0) is 9.53 Å². The van der Waals surface area contributed by atoms with Crippen molar-refractivity contribution in [1.29, 1.82) is 0 Å². The predicted molar refractivity (Wildman–Crippen MR) is 42.1 cm³/mol. The quantitative estimate of drug-likeness (QED) is 0.623. The van der Waals surface area contributed by atoms with Crippen molar-refractivity contribution in [3.8, 4) is 0 Å². The molecule has 0 fully saturated rings. The Morgan fingerprint density at radius 1 is 1.55 bits per heavy atom. The highest BCUT2D eigenvalue weighted by Gasteiger charge is 2.21. The SMILES string of the molecule is CCOC(=O)[C@H](O)[C@H](C)CC. The molecule has 3 heteroatoms. The summed E-state index contributed by atoms with van der Waals surface area (Å²) in [5, 5.41) is 9.24. The summed E-state index contributed by atoms with van der Waals surface area (Å²) >= 11 is 0. The van der Waals surface area contributed by atoms with Crippen molar-refractivity contribution in [1.82, 2.24) is 0 Å². The van der Waals surface area contributed by atoms with Crippen molar-refractivity contribution in [2.45, 2.75) is 33.3 Å². The maximum Gasteiger partial charge on any atom is 0.335 e. The van der Waals surface area contributed by atoms with Gasteiger partial charge in [0.05, 0.1) is 6.61 Å². The summed E-state index contributed by atoms with van der Waals surface area (Å²) in [4.78, 5) is 10.9. The van der Waals surface area contributed by atoms with Gasteiger partial charge in [-0.25, -0.2) is 4.79 Å². The van der Waals surface area contributed by atoms with E-state index in [1.807, 2.05) is 13.8 Å². The molecule has 66 valence electrons. The van der Waals surface area contributed by atoms with E-state index < -0.39 is 12.1 Å². The molecule has 0 saturated heterocycles. The van der Waals surface area contributed by atoms with Crippen molar-refractivity contribution < 1.29 is 14.6 Å². The summed E-state index contributed by atoms with van der Waals surface area (Å²) in [7, 11) is 0. The number of carbonyl (C=O) groups excluding carboxylic acids is 1. The highest BCUT2D eigenvalue weighted by molar-refractivity contribution is 5.74. The Balaban J connectivity index is 3.80.